The summed E-state index contributed by atoms with van der Waals surface area (Å²) in [5.74, 6) is 1.98. The second-order valence-electron chi connectivity index (χ2n) is 17.3. The van der Waals surface area contributed by atoms with Gasteiger partial charge >= 0.3 is 11.9 Å². The predicted octanol–water partition coefficient (Wildman–Crippen LogP) is 14.6. The van der Waals surface area contributed by atoms with Crippen LogP contribution >= 0.6 is 0 Å². The highest BCUT2D eigenvalue weighted by molar-refractivity contribution is 5.70. The molecule has 314 valence electrons. The molecule has 1 aliphatic rings. The number of hydrogen-bond donors (Lipinski definition) is 0. The van der Waals surface area contributed by atoms with Crippen molar-refractivity contribution in [1.29, 1.82) is 0 Å². The maximum atomic E-state index is 12.5. The number of carbonyl (C=O) groups is 2. The van der Waals surface area contributed by atoms with E-state index in [9.17, 15) is 9.59 Å². The largest absolute Gasteiger partial charge is 0.466 e. The second kappa shape index (κ2) is 37.8. The van der Waals surface area contributed by atoms with Crippen molar-refractivity contribution in [1.82, 2.24) is 4.90 Å². The number of carbonyl (C=O) groups excluding carboxylic acids is 2. The monoisotopic (exact) mass is 748 g/mol. The third-order valence-electron chi connectivity index (χ3n) is 12.0. The third kappa shape index (κ3) is 31.8. The van der Waals surface area contributed by atoms with Gasteiger partial charge in [0.1, 0.15) is 0 Å². The van der Waals surface area contributed by atoms with Gasteiger partial charge in [-0.05, 0) is 95.1 Å². The number of rotatable bonds is 40. The smallest absolute Gasteiger partial charge is 0.306 e. The number of nitrogens with zero attached hydrogens (tertiary/aromatic N) is 1. The quantitative estimate of drug-likeness (QED) is 0.0461. The molecule has 1 heterocycles. The predicted molar refractivity (Wildman–Crippen MR) is 229 cm³/mol. The first-order valence-electron chi connectivity index (χ1n) is 24.1. The molecule has 0 aliphatic carbocycles. The number of ether oxygens (including phenoxy) is 2. The van der Waals surface area contributed by atoms with Gasteiger partial charge in [0.05, 0.1) is 13.2 Å². The van der Waals surface area contributed by atoms with Crippen molar-refractivity contribution < 1.29 is 19.1 Å². The van der Waals surface area contributed by atoms with Crippen LogP contribution in [0.15, 0.2) is 0 Å². The van der Waals surface area contributed by atoms with E-state index < -0.39 is 0 Å². The summed E-state index contributed by atoms with van der Waals surface area (Å²) in [5.41, 5.74) is 0. The number of likely N-dealkylation sites (tertiary alicyclic amines) is 1. The van der Waals surface area contributed by atoms with E-state index in [0.29, 0.717) is 37.9 Å². The van der Waals surface area contributed by atoms with E-state index in [4.69, 9.17) is 9.47 Å². The maximum Gasteiger partial charge on any atom is 0.306 e. The van der Waals surface area contributed by atoms with Crippen LogP contribution in [0.4, 0.5) is 0 Å². The minimum Gasteiger partial charge on any atom is -0.466 e. The SMILES string of the molecule is CCCCCC(CCCCC)CC(=O)OCCCCCCCCC(CCCCCCCCOC(=O)CC(CCCCC)CCCCC)CN1CCCC1. The van der Waals surface area contributed by atoms with Crippen molar-refractivity contribution in [2.75, 3.05) is 32.8 Å². The molecule has 0 N–H and O–H groups in total. The lowest BCUT2D eigenvalue weighted by Crippen LogP contribution is -2.26. The Morgan fingerprint density at radius 3 is 1.08 bits per heavy atom. The molecule has 0 aromatic heterocycles. The summed E-state index contributed by atoms with van der Waals surface area (Å²) in [6.45, 7) is 14.2. The van der Waals surface area contributed by atoms with Crippen LogP contribution in [0.25, 0.3) is 0 Å². The van der Waals surface area contributed by atoms with Gasteiger partial charge in [-0.2, -0.15) is 0 Å². The third-order valence-corrected chi connectivity index (χ3v) is 12.0. The summed E-state index contributed by atoms with van der Waals surface area (Å²) in [6, 6.07) is 0. The average Bonchev–Trinajstić information content (AvgIpc) is 3.66. The molecule has 5 heteroatoms. The number of unbranched alkanes of at least 4 members (excludes halogenated alkanes) is 18. The molecule has 0 bridgehead atoms. The van der Waals surface area contributed by atoms with Crippen LogP contribution in [0.1, 0.15) is 246 Å². The normalized spacial score (nSPS) is 13.6. The van der Waals surface area contributed by atoms with Crippen molar-refractivity contribution in [3.05, 3.63) is 0 Å². The first kappa shape index (κ1) is 49.9. The lowest BCUT2D eigenvalue weighted by atomic mass is 9.92. The Balaban J connectivity index is 2.15. The first-order valence-corrected chi connectivity index (χ1v) is 24.1. The molecule has 1 fully saturated rings. The van der Waals surface area contributed by atoms with Crippen LogP contribution in [0.2, 0.25) is 0 Å². The van der Waals surface area contributed by atoms with E-state index in [1.807, 2.05) is 0 Å². The van der Waals surface area contributed by atoms with Crippen molar-refractivity contribution in [3.63, 3.8) is 0 Å². The highest BCUT2D eigenvalue weighted by Gasteiger charge is 2.18. The molecular weight excluding hydrogens is 655 g/mol. The van der Waals surface area contributed by atoms with Gasteiger partial charge in [0.2, 0.25) is 0 Å². The van der Waals surface area contributed by atoms with Gasteiger partial charge in [0.15, 0.2) is 0 Å². The Labute approximate surface area is 331 Å². The van der Waals surface area contributed by atoms with E-state index in [0.717, 1.165) is 18.8 Å². The van der Waals surface area contributed by atoms with Crippen LogP contribution in [0, 0.1) is 17.8 Å². The molecule has 0 aromatic rings. The Kier molecular flexibility index (Phi) is 35.6. The molecule has 1 saturated heterocycles. The van der Waals surface area contributed by atoms with Gasteiger partial charge in [-0.15, -0.1) is 0 Å². The van der Waals surface area contributed by atoms with E-state index in [-0.39, 0.29) is 11.9 Å². The zero-order chi connectivity index (χ0) is 38.5. The summed E-state index contributed by atoms with van der Waals surface area (Å²) in [6.07, 6.45) is 41.6. The fraction of sp³-hybridized carbons (Fsp3) is 0.958. The Bertz CT molecular complexity index is 720. The van der Waals surface area contributed by atoms with Crippen molar-refractivity contribution in [2.45, 2.75) is 246 Å². The molecule has 0 spiro atoms. The Hall–Kier alpha value is -1.10. The summed E-state index contributed by atoms with van der Waals surface area (Å²) in [7, 11) is 0. The topological polar surface area (TPSA) is 55.8 Å². The summed E-state index contributed by atoms with van der Waals surface area (Å²) < 4.78 is 11.3. The summed E-state index contributed by atoms with van der Waals surface area (Å²) in [5, 5.41) is 0. The molecular formula is C48H93NO4. The highest BCUT2D eigenvalue weighted by atomic mass is 16.5. The van der Waals surface area contributed by atoms with Gasteiger partial charge in [-0.1, -0.05) is 169 Å². The van der Waals surface area contributed by atoms with Crippen LogP contribution in [-0.4, -0.2) is 49.7 Å². The van der Waals surface area contributed by atoms with E-state index in [1.165, 1.54) is 212 Å². The van der Waals surface area contributed by atoms with E-state index in [2.05, 4.69) is 32.6 Å². The molecule has 0 atom stereocenters. The lowest BCUT2D eigenvalue weighted by molar-refractivity contribution is -0.146. The van der Waals surface area contributed by atoms with E-state index >= 15 is 0 Å². The minimum absolute atomic E-state index is 0.0411. The van der Waals surface area contributed by atoms with Crippen molar-refractivity contribution in [2.24, 2.45) is 17.8 Å². The van der Waals surface area contributed by atoms with Crippen LogP contribution in [-0.2, 0) is 19.1 Å². The van der Waals surface area contributed by atoms with Crippen LogP contribution in [0.5, 0.6) is 0 Å². The first-order chi connectivity index (χ1) is 26.0. The number of hydrogen-bond acceptors (Lipinski definition) is 5. The fourth-order valence-electron chi connectivity index (χ4n) is 8.53. The second-order valence-corrected chi connectivity index (χ2v) is 17.3. The molecule has 0 saturated carbocycles. The molecule has 0 amide bonds. The molecule has 53 heavy (non-hydrogen) atoms. The van der Waals surface area contributed by atoms with E-state index in [1.54, 1.807) is 0 Å². The summed E-state index contributed by atoms with van der Waals surface area (Å²) >= 11 is 0. The van der Waals surface area contributed by atoms with Gasteiger partial charge < -0.3 is 14.4 Å². The fourth-order valence-corrected chi connectivity index (χ4v) is 8.53. The lowest BCUT2D eigenvalue weighted by Gasteiger charge is -2.23. The maximum absolute atomic E-state index is 12.5. The van der Waals surface area contributed by atoms with Gasteiger partial charge in [0.25, 0.3) is 0 Å². The minimum atomic E-state index is 0.0411. The average molecular weight is 748 g/mol. The molecule has 1 aliphatic heterocycles. The molecule has 0 radical (unpaired) electrons. The highest BCUT2D eigenvalue weighted by Crippen LogP contribution is 2.25. The Morgan fingerprint density at radius 2 is 0.717 bits per heavy atom. The van der Waals surface area contributed by atoms with Crippen molar-refractivity contribution in [3.8, 4) is 0 Å². The zero-order valence-corrected chi connectivity index (χ0v) is 36.4. The number of esters is 2. The molecule has 0 aromatic carbocycles. The zero-order valence-electron chi connectivity index (χ0n) is 36.4. The van der Waals surface area contributed by atoms with Gasteiger partial charge in [-0.3, -0.25) is 9.59 Å². The van der Waals surface area contributed by atoms with Gasteiger partial charge in [-0.25, -0.2) is 0 Å². The molecule has 5 nitrogen and oxygen atoms in total. The molecule has 0 unspecified atom stereocenters. The van der Waals surface area contributed by atoms with Crippen LogP contribution in [0.3, 0.4) is 0 Å². The van der Waals surface area contributed by atoms with Gasteiger partial charge in [0, 0.05) is 19.4 Å². The summed E-state index contributed by atoms with van der Waals surface area (Å²) in [4.78, 5) is 27.7. The van der Waals surface area contributed by atoms with Crippen LogP contribution < -0.4 is 0 Å². The standard InChI is InChI=1S/C48H93NO4/c1-5-9-21-31-44(32-22-10-6-2)41-47(50)52-39-29-19-15-13-17-25-35-46(43-49-37-27-28-38-49)36-26-18-14-16-20-30-40-53-48(51)42-45(33-23-11-7-3)34-24-12-8-4/h44-46H,5-43H2,1-4H3. The Morgan fingerprint density at radius 1 is 0.415 bits per heavy atom. The molecule has 1 rings (SSSR count). The van der Waals surface area contributed by atoms with Crippen molar-refractivity contribution >= 4 is 11.9 Å².